The maximum absolute atomic E-state index is 12.1. The Morgan fingerprint density at radius 2 is 1.93 bits per heavy atom. The van der Waals surface area contributed by atoms with Crippen LogP contribution in [-0.4, -0.2) is 64.9 Å². The van der Waals surface area contributed by atoms with Crippen LogP contribution >= 0.6 is 0 Å². The molecule has 0 spiro atoms. The molecule has 0 bridgehead atoms. The monoisotopic (exact) mass is 365 g/mol. The zero-order chi connectivity index (χ0) is 18.8. The first-order valence-corrected chi connectivity index (χ1v) is 9.71. The second-order valence-electron chi connectivity index (χ2n) is 7.80. The first-order chi connectivity index (χ1) is 13.1. The van der Waals surface area contributed by atoms with Crippen LogP contribution in [0, 0.1) is 0 Å². The van der Waals surface area contributed by atoms with Gasteiger partial charge in [0.1, 0.15) is 11.5 Å². The highest BCUT2D eigenvalue weighted by atomic mass is 16.2. The van der Waals surface area contributed by atoms with Crippen LogP contribution in [-0.2, 0) is 12.8 Å². The lowest BCUT2D eigenvalue weighted by atomic mass is 10.0. The van der Waals surface area contributed by atoms with Crippen molar-refractivity contribution in [2.24, 2.45) is 0 Å². The van der Waals surface area contributed by atoms with E-state index in [1.165, 1.54) is 28.6 Å². The minimum absolute atomic E-state index is 0.125. The maximum Gasteiger partial charge on any atom is 0.273 e. The molecule has 1 saturated heterocycles. The van der Waals surface area contributed by atoms with E-state index < -0.39 is 0 Å². The van der Waals surface area contributed by atoms with Gasteiger partial charge in [-0.3, -0.25) is 14.7 Å². The predicted octanol–water partition coefficient (Wildman–Crippen LogP) is 2.22. The van der Waals surface area contributed by atoms with E-state index in [2.05, 4.69) is 44.5 Å². The summed E-state index contributed by atoms with van der Waals surface area (Å²) in [6, 6.07) is 9.74. The van der Waals surface area contributed by atoms with Gasteiger partial charge in [0.25, 0.3) is 5.91 Å². The molecule has 1 N–H and O–H groups in total. The summed E-state index contributed by atoms with van der Waals surface area (Å²) < 4.78 is 0. The van der Waals surface area contributed by atoms with E-state index in [4.69, 9.17) is 0 Å². The summed E-state index contributed by atoms with van der Waals surface area (Å²) in [7, 11) is 3.45. The number of carbonyl (C=O) groups excluding carboxylic acids is 1. The van der Waals surface area contributed by atoms with Gasteiger partial charge in [0.2, 0.25) is 0 Å². The van der Waals surface area contributed by atoms with E-state index in [9.17, 15) is 4.79 Å². The van der Waals surface area contributed by atoms with Crippen LogP contribution in [0.25, 0.3) is 0 Å². The third-order valence-corrected chi connectivity index (χ3v) is 5.61. The third kappa shape index (κ3) is 3.95. The molecule has 27 heavy (non-hydrogen) atoms. The van der Waals surface area contributed by atoms with E-state index in [1.807, 2.05) is 0 Å². The first kappa shape index (κ1) is 17.9. The molecule has 0 saturated carbocycles. The van der Waals surface area contributed by atoms with Gasteiger partial charge in [-0.25, -0.2) is 4.98 Å². The Morgan fingerprint density at radius 3 is 2.63 bits per heavy atom. The van der Waals surface area contributed by atoms with Crippen molar-refractivity contribution in [2.45, 2.75) is 37.8 Å². The fourth-order valence-electron chi connectivity index (χ4n) is 4.23. The van der Waals surface area contributed by atoms with Crippen molar-refractivity contribution in [1.82, 2.24) is 19.8 Å². The number of fused-ring (bicyclic) bond motifs is 1. The first-order valence-electron chi connectivity index (χ1n) is 9.71. The third-order valence-electron chi connectivity index (χ3n) is 5.61. The summed E-state index contributed by atoms with van der Waals surface area (Å²) in [5.41, 5.74) is 3.38. The quantitative estimate of drug-likeness (QED) is 0.900. The van der Waals surface area contributed by atoms with Crippen LogP contribution in [0.15, 0.2) is 36.7 Å². The van der Waals surface area contributed by atoms with Gasteiger partial charge in [-0.15, -0.1) is 0 Å². The molecule has 142 valence electrons. The fraction of sp³-hybridized carbons (Fsp3) is 0.476. The molecule has 2 heterocycles. The van der Waals surface area contributed by atoms with Crippen LogP contribution in [0.4, 0.5) is 5.82 Å². The number of hydrogen-bond acceptors (Lipinski definition) is 5. The lowest BCUT2D eigenvalue weighted by Gasteiger charge is -2.37. The molecular formula is C21H27N5O. The fourth-order valence-corrected chi connectivity index (χ4v) is 4.23. The number of hydrogen-bond donors (Lipinski definition) is 1. The van der Waals surface area contributed by atoms with E-state index >= 15 is 0 Å². The van der Waals surface area contributed by atoms with Crippen LogP contribution in [0.5, 0.6) is 0 Å². The molecule has 4 rings (SSSR count). The topological polar surface area (TPSA) is 61.4 Å². The number of nitrogens with zero attached hydrogens (tertiary/aromatic N) is 4. The maximum atomic E-state index is 12.1. The Morgan fingerprint density at radius 1 is 1.19 bits per heavy atom. The molecule has 1 aliphatic heterocycles. The zero-order valence-electron chi connectivity index (χ0n) is 16.1. The summed E-state index contributed by atoms with van der Waals surface area (Å²) in [5, 5.41) is 3.50. The molecule has 6 nitrogen and oxygen atoms in total. The number of carbonyl (C=O) groups is 1. The summed E-state index contributed by atoms with van der Waals surface area (Å²) in [6.45, 7) is 2.16. The summed E-state index contributed by atoms with van der Waals surface area (Å²) >= 11 is 0. The second-order valence-corrected chi connectivity index (χ2v) is 7.80. The van der Waals surface area contributed by atoms with Crippen LogP contribution in [0.3, 0.4) is 0 Å². The molecule has 6 heteroatoms. The van der Waals surface area contributed by atoms with Gasteiger partial charge in [-0.05, 0) is 43.4 Å². The van der Waals surface area contributed by atoms with E-state index in [0.717, 1.165) is 32.4 Å². The van der Waals surface area contributed by atoms with Crippen LogP contribution in [0.1, 0.15) is 34.5 Å². The summed E-state index contributed by atoms with van der Waals surface area (Å²) in [6.07, 6.45) is 7.82. The van der Waals surface area contributed by atoms with Gasteiger partial charge >= 0.3 is 0 Å². The molecule has 0 radical (unpaired) electrons. The molecule has 1 unspecified atom stereocenters. The number of amides is 1. The highest BCUT2D eigenvalue weighted by Gasteiger charge is 2.30. The van der Waals surface area contributed by atoms with Gasteiger partial charge in [-0.1, -0.05) is 24.3 Å². The standard InChI is InChI=1S/C21H27N5O/c1-25(2)21(27)19-12-22-13-20(24-19)23-17-8-5-9-26(14-17)18-10-15-6-3-4-7-16(15)11-18/h3-4,6-7,12-13,17-18H,5,8-11,14H2,1-2H3,(H,23,24). The van der Waals surface area contributed by atoms with Gasteiger partial charge in [0.05, 0.1) is 12.4 Å². The Hall–Kier alpha value is -2.47. The van der Waals surface area contributed by atoms with Crippen LogP contribution < -0.4 is 5.32 Å². The number of rotatable bonds is 4. The lowest BCUT2D eigenvalue weighted by Crippen LogP contribution is -2.47. The Kier molecular flexibility index (Phi) is 5.07. The van der Waals surface area contributed by atoms with Gasteiger partial charge in [-0.2, -0.15) is 0 Å². The summed E-state index contributed by atoms with van der Waals surface area (Å²) in [5.74, 6) is 0.560. The van der Waals surface area contributed by atoms with Crippen molar-refractivity contribution < 1.29 is 4.79 Å². The SMILES string of the molecule is CN(C)C(=O)c1cncc(NC2CCCN(C3Cc4ccccc4C3)C2)n1. The molecule has 2 aliphatic rings. The van der Waals surface area contributed by atoms with Crippen molar-refractivity contribution in [3.8, 4) is 0 Å². The Labute approximate surface area is 160 Å². The predicted molar refractivity (Wildman–Crippen MR) is 106 cm³/mol. The van der Waals surface area contributed by atoms with Crippen molar-refractivity contribution in [2.75, 3.05) is 32.5 Å². The average Bonchev–Trinajstić information content (AvgIpc) is 3.12. The smallest absolute Gasteiger partial charge is 0.273 e. The van der Waals surface area contributed by atoms with Crippen molar-refractivity contribution in [3.05, 3.63) is 53.5 Å². The molecule has 2 aromatic rings. The van der Waals surface area contributed by atoms with E-state index in [0.29, 0.717) is 23.6 Å². The van der Waals surface area contributed by atoms with Gasteiger partial charge < -0.3 is 10.2 Å². The minimum Gasteiger partial charge on any atom is -0.365 e. The zero-order valence-corrected chi connectivity index (χ0v) is 16.1. The molecule has 1 aromatic heterocycles. The van der Waals surface area contributed by atoms with Crippen LogP contribution in [0.2, 0.25) is 0 Å². The second kappa shape index (κ2) is 7.64. The van der Waals surface area contributed by atoms with Gasteiger partial charge in [0.15, 0.2) is 0 Å². The molecule has 1 atom stereocenters. The number of anilines is 1. The highest BCUT2D eigenvalue weighted by molar-refractivity contribution is 5.91. The number of aromatic nitrogens is 2. The lowest BCUT2D eigenvalue weighted by molar-refractivity contribution is 0.0821. The Bertz CT molecular complexity index is 797. The summed E-state index contributed by atoms with van der Waals surface area (Å²) in [4.78, 5) is 24.9. The largest absolute Gasteiger partial charge is 0.365 e. The highest BCUT2D eigenvalue weighted by Crippen LogP contribution is 2.27. The van der Waals surface area contributed by atoms with Crippen molar-refractivity contribution in [3.63, 3.8) is 0 Å². The number of nitrogens with one attached hydrogen (secondary N) is 1. The molecule has 1 amide bonds. The molecular weight excluding hydrogens is 338 g/mol. The Balaban J connectivity index is 1.40. The average molecular weight is 365 g/mol. The van der Waals surface area contributed by atoms with Crippen molar-refractivity contribution >= 4 is 11.7 Å². The number of benzene rings is 1. The van der Waals surface area contributed by atoms with Crippen molar-refractivity contribution in [1.29, 1.82) is 0 Å². The number of likely N-dealkylation sites (tertiary alicyclic amines) is 1. The normalized spacial score (nSPS) is 20.3. The van der Waals surface area contributed by atoms with Gasteiger partial charge in [0, 0.05) is 32.7 Å². The molecule has 1 aliphatic carbocycles. The van der Waals surface area contributed by atoms with E-state index in [1.54, 1.807) is 20.3 Å². The number of piperidine rings is 1. The molecule has 1 fully saturated rings. The molecule has 1 aromatic carbocycles. The minimum atomic E-state index is -0.125. The van der Waals surface area contributed by atoms with E-state index in [-0.39, 0.29) is 5.91 Å².